The molecule has 0 spiro atoms. The SMILES string of the molecule is CS(=O)(=O)CCNCc1ccc(-c2ccc3c(Nc4ccc(OCc5ccc(F)cc5)cc4)ccnc3c2)o1. The Morgan fingerprint density at radius 3 is 2.51 bits per heavy atom. The van der Waals surface area contributed by atoms with Crippen LogP contribution in [0, 0.1) is 5.82 Å². The number of rotatable bonds is 11. The fraction of sp³-hybridized carbons (Fsp3) is 0.167. The van der Waals surface area contributed by atoms with Gasteiger partial charge in [-0.15, -0.1) is 0 Å². The molecule has 0 saturated heterocycles. The first-order valence-corrected chi connectivity index (χ1v) is 14.5. The highest BCUT2D eigenvalue weighted by molar-refractivity contribution is 7.90. The van der Waals surface area contributed by atoms with E-state index in [2.05, 4.69) is 15.6 Å². The normalized spacial score (nSPS) is 11.5. The molecule has 0 bridgehead atoms. The van der Waals surface area contributed by atoms with E-state index in [0.29, 0.717) is 25.5 Å². The molecule has 0 aliphatic rings. The summed E-state index contributed by atoms with van der Waals surface area (Å²) >= 11 is 0. The van der Waals surface area contributed by atoms with Gasteiger partial charge in [-0.1, -0.05) is 18.2 Å². The molecule has 7 nitrogen and oxygen atoms in total. The summed E-state index contributed by atoms with van der Waals surface area (Å²) in [7, 11) is -3.00. The molecular formula is C30H28FN3O4S. The van der Waals surface area contributed by atoms with E-state index >= 15 is 0 Å². The molecule has 3 aromatic carbocycles. The Morgan fingerprint density at radius 1 is 0.949 bits per heavy atom. The maximum absolute atomic E-state index is 13.1. The minimum absolute atomic E-state index is 0.0860. The summed E-state index contributed by atoms with van der Waals surface area (Å²) in [5, 5.41) is 7.50. The molecule has 2 N–H and O–H groups in total. The van der Waals surface area contributed by atoms with Gasteiger partial charge in [-0.25, -0.2) is 12.8 Å². The van der Waals surface area contributed by atoms with Gasteiger partial charge in [0.2, 0.25) is 0 Å². The van der Waals surface area contributed by atoms with E-state index in [4.69, 9.17) is 9.15 Å². The van der Waals surface area contributed by atoms with Crippen LogP contribution in [0.3, 0.4) is 0 Å². The molecule has 2 aromatic heterocycles. The van der Waals surface area contributed by atoms with Gasteiger partial charge in [0, 0.05) is 41.3 Å². The third kappa shape index (κ3) is 7.22. The van der Waals surface area contributed by atoms with Crippen LogP contribution in [0.4, 0.5) is 15.8 Å². The number of sulfone groups is 1. The van der Waals surface area contributed by atoms with Gasteiger partial charge in [-0.2, -0.15) is 0 Å². The highest BCUT2D eigenvalue weighted by Crippen LogP contribution is 2.30. The standard InChI is InChI=1S/C30H28FN3O4S/c1-39(35,36)17-16-32-19-26-11-13-30(38-26)22-4-12-27-28(14-15-33-29(27)18-22)34-24-7-9-25(10-8-24)37-20-21-2-5-23(31)6-3-21/h2-15,18,32H,16-17,19-20H2,1H3,(H,33,34). The Hall–Kier alpha value is -4.21. The fourth-order valence-electron chi connectivity index (χ4n) is 4.04. The zero-order chi connectivity index (χ0) is 27.2. The smallest absolute Gasteiger partial charge is 0.148 e. The number of hydrogen-bond acceptors (Lipinski definition) is 7. The van der Waals surface area contributed by atoms with Crippen LogP contribution in [0.1, 0.15) is 11.3 Å². The Morgan fingerprint density at radius 2 is 1.74 bits per heavy atom. The second-order valence-electron chi connectivity index (χ2n) is 9.23. The predicted molar refractivity (Wildman–Crippen MR) is 151 cm³/mol. The number of pyridine rings is 1. The van der Waals surface area contributed by atoms with Crippen molar-refractivity contribution >= 4 is 32.1 Å². The first-order chi connectivity index (χ1) is 18.8. The molecule has 9 heteroatoms. The second-order valence-corrected chi connectivity index (χ2v) is 11.5. The molecule has 0 amide bonds. The average Bonchev–Trinajstić information content (AvgIpc) is 3.40. The van der Waals surface area contributed by atoms with E-state index in [9.17, 15) is 12.8 Å². The molecule has 2 heterocycles. The Labute approximate surface area is 226 Å². The third-order valence-electron chi connectivity index (χ3n) is 6.09. The highest BCUT2D eigenvalue weighted by atomic mass is 32.2. The number of halogens is 1. The van der Waals surface area contributed by atoms with Gasteiger partial charge in [-0.3, -0.25) is 4.98 Å². The first kappa shape index (κ1) is 26.4. The van der Waals surface area contributed by atoms with Gasteiger partial charge >= 0.3 is 0 Å². The van der Waals surface area contributed by atoms with E-state index in [1.54, 1.807) is 18.3 Å². The van der Waals surface area contributed by atoms with Gasteiger partial charge < -0.3 is 19.8 Å². The molecule has 5 rings (SSSR count). The molecule has 39 heavy (non-hydrogen) atoms. The van der Waals surface area contributed by atoms with Gasteiger partial charge in [0.05, 0.1) is 17.8 Å². The van der Waals surface area contributed by atoms with Gasteiger partial charge in [-0.05, 0) is 72.3 Å². The monoisotopic (exact) mass is 545 g/mol. The van der Waals surface area contributed by atoms with Crippen molar-refractivity contribution in [2.45, 2.75) is 13.2 Å². The Kier molecular flexibility index (Phi) is 7.90. The summed E-state index contributed by atoms with van der Waals surface area (Å²) in [5.41, 5.74) is 4.44. The lowest BCUT2D eigenvalue weighted by Gasteiger charge is -2.11. The summed E-state index contributed by atoms with van der Waals surface area (Å²) in [6.07, 6.45) is 2.98. The van der Waals surface area contributed by atoms with Crippen molar-refractivity contribution in [2.75, 3.05) is 23.9 Å². The number of hydrogen-bond donors (Lipinski definition) is 2. The molecule has 0 aliphatic heterocycles. The molecular weight excluding hydrogens is 517 g/mol. The lowest BCUT2D eigenvalue weighted by Crippen LogP contribution is -2.21. The quantitative estimate of drug-likeness (QED) is 0.194. The van der Waals surface area contributed by atoms with E-state index in [1.807, 2.05) is 60.7 Å². The number of fused-ring (bicyclic) bond motifs is 1. The zero-order valence-electron chi connectivity index (χ0n) is 21.4. The maximum atomic E-state index is 13.1. The van der Waals surface area contributed by atoms with Crippen LogP contribution < -0.4 is 15.4 Å². The summed E-state index contributed by atoms with van der Waals surface area (Å²) in [6, 6.07) is 25.6. The number of aromatic nitrogens is 1. The molecule has 200 valence electrons. The van der Waals surface area contributed by atoms with Crippen LogP contribution in [-0.2, 0) is 23.0 Å². The number of ether oxygens (including phenoxy) is 1. The average molecular weight is 546 g/mol. The van der Waals surface area contributed by atoms with E-state index in [-0.39, 0.29) is 11.6 Å². The number of furan rings is 1. The van der Waals surface area contributed by atoms with Crippen LogP contribution in [0.25, 0.3) is 22.2 Å². The summed E-state index contributed by atoms with van der Waals surface area (Å²) in [4.78, 5) is 4.54. The van der Waals surface area contributed by atoms with E-state index < -0.39 is 9.84 Å². The van der Waals surface area contributed by atoms with Crippen LogP contribution in [0.2, 0.25) is 0 Å². The van der Waals surface area contributed by atoms with Crippen molar-refractivity contribution in [3.63, 3.8) is 0 Å². The van der Waals surface area contributed by atoms with Crippen LogP contribution in [0.5, 0.6) is 5.75 Å². The maximum Gasteiger partial charge on any atom is 0.148 e. The van der Waals surface area contributed by atoms with Crippen molar-refractivity contribution < 1.29 is 22.0 Å². The molecule has 0 fully saturated rings. The van der Waals surface area contributed by atoms with E-state index in [0.717, 1.165) is 44.9 Å². The van der Waals surface area contributed by atoms with Crippen molar-refractivity contribution in [3.8, 4) is 17.1 Å². The topological polar surface area (TPSA) is 93.5 Å². The summed E-state index contributed by atoms with van der Waals surface area (Å²) in [6.45, 7) is 1.18. The van der Waals surface area contributed by atoms with Gasteiger partial charge in [0.15, 0.2) is 0 Å². The lowest BCUT2D eigenvalue weighted by atomic mass is 10.1. The predicted octanol–water partition coefficient (Wildman–Crippen LogP) is 6.09. The highest BCUT2D eigenvalue weighted by Gasteiger charge is 2.09. The first-order valence-electron chi connectivity index (χ1n) is 12.4. The van der Waals surface area contributed by atoms with Crippen LogP contribution >= 0.6 is 0 Å². The summed E-state index contributed by atoms with van der Waals surface area (Å²) in [5.74, 6) is 1.98. The fourth-order valence-corrected chi connectivity index (χ4v) is 4.56. The van der Waals surface area contributed by atoms with E-state index in [1.165, 1.54) is 18.4 Å². The molecule has 0 atom stereocenters. The minimum atomic E-state index is -3.00. The van der Waals surface area contributed by atoms with Gasteiger partial charge in [0.1, 0.15) is 39.5 Å². The lowest BCUT2D eigenvalue weighted by molar-refractivity contribution is 0.306. The van der Waals surface area contributed by atoms with Crippen molar-refractivity contribution in [2.24, 2.45) is 0 Å². The molecule has 0 unspecified atom stereocenters. The Bertz CT molecular complexity index is 1670. The summed E-state index contributed by atoms with van der Waals surface area (Å²) < 4.78 is 47.4. The van der Waals surface area contributed by atoms with Crippen LogP contribution in [-0.4, -0.2) is 32.0 Å². The minimum Gasteiger partial charge on any atom is -0.489 e. The zero-order valence-corrected chi connectivity index (χ0v) is 22.2. The number of nitrogens with one attached hydrogen (secondary N) is 2. The van der Waals surface area contributed by atoms with Crippen LogP contribution in [0.15, 0.2) is 95.5 Å². The molecule has 5 aromatic rings. The van der Waals surface area contributed by atoms with Gasteiger partial charge in [0.25, 0.3) is 0 Å². The molecule has 0 radical (unpaired) electrons. The molecule has 0 saturated carbocycles. The number of benzene rings is 3. The largest absolute Gasteiger partial charge is 0.489 e. The van der Waals surface area contributed by atoms with Crippen molar-refractivity contribution in [1.82, 2.24) is 10.3 Å². The van der Waals surface area contributed by atoms with Crippen molar-refractivity contribution in [3.05, 3.63) is 108 Å². The number of nitrogens with zero attached hydrogens (tertiary/aromatic N) is 1. The third-order valence-corrected chi connectivity index (χ3v) is 7.04. The molecule has 0 aliphatic carbocycles. The Balaban J connectivity index is 1.23. The number of anilines is 2. The second kappa shape index (κ2) is 11.7. The van der Waals surface area contributed by atoms with Crippen molar-refractivity contribution in [1.29, 1.82) is 0 Å².